The Morgan fingerprint density at radius 3 is 2.63 bits per heavy atom. The van der Waals surface area contributed by atoms with Crippen molar-refractivity contribution in [2.75, 3.05) is 13.7 Å². The Morgan fingerprint density at radius 2 is 2.16 bits per heavy atom. The predicted octanol–water partition coefficient (Wildman–Crippen LogP) is 1.61. The number of benzene rings is 1. The summed E-state index contributed by atoms with van der Waals surface area (Å²) in [5.74, 6) is -0.690. The van der Waals surface area contributed by atoms with E-state index >= 15 is 0 Å². The molecule has 5 heteroatoms. The molecule has 1 unspecified atom stereocenters. The predicted molar refractivity (Wildman–Crippen MR) is 70.7 cm³/mol. The SMILES string of the molecule is COc1ccc(C(C)(C)CNC(=O)C(C)O)cc1F. The molecule has 0 aromatic heterocycles. The number of halogens is 1. The molecule has 0 spiro atoms. The fourth-order valence-electron chi connectivity index (χ4n) is 1.65. The van der Waals surface area contributed by atoms with Gasteiger partial charge in [0.15, 0.2) is 11.6 Å². The monoisotopic (exact) mass is 269 g/mol. The van der Waals surface area contributed by atoms with Crippen LogP contribution in [0.2, 0.25) is 0 Å². The molecule has 0 bridgehead atoms. The minimum atomic E-state index is -1.05. The first kappa shape index (κ1) is 15.4. The molecule has 1 atom stereocenters. The number of aliphatic hydroxyl groups is 1. The van der Waals surface area contributed by atoms with E-state index in [2.05, 4.69) is 5.32 Å². The first-order valence-corrected chi connectivity index (χ1v) is 6.07. The summed E-state index contributed by atoms with van der Waals surface area (Å²) in [6.07, 6.45) is -1.05. The lowest BCUT2D eigenvalue weighted by Crippen LogP contribution is -2.40. The number of nitrogens with one attached hydrogen (secondary N) is 1. The van der Waals surface area contributed by atoms with Crippen LogP contribution in [0.25, 0.3) is 0 Å². The molecule has 106 valence electrons. The van der Waals surface area contributed by atoms with E-state index in [1.807, 2.05) is 13.8 Å². The smallest absolute Gasteiger partial charge is 0.248 e. The van der Waals surface area contributed by atoms with Crippen LogP contribution in [-0.2, 0) is 10.2 Å². The van der Waals surface area contributed by atoms with Gasteiger partial charge in [-0.15, -0.1) is 0 Å². The van der Waals surface area contributed by atoms with Gasteiger partial charge in [-0.3, -0.25) is 4.79 Å². The van der Waals surface area contributed by atoms with Crippen LogP contribution in [0.5, 0.6) is 5.75 Å². The molecule has 0 saturated heterocycles. The van der Waals surface area contributed by atoms with Crippen molar-refractivity contribution in [1.82, 2.24) is 5.32 Å². The highest BCUT2D eigenvalue weighted by Crippen LogP contribution is 2.27. The number of methoxy groups -OCH3 is 1. The fourth-order valence-corrected chi connectivity index (χ4v) is 1.65. The second kappa shape index (κ2) is 6.02. The number of ether oxygens (including phenoxy) is 1. The summed E-state index contributed by atoms with van der Waals surface area (Å²) in [6.45, 7) is 5.48. The lowest BCUT2D eigenvalue weighted by Gasteiger charge is -2.26. The van der Waals surface area contributed by atoms with E-state index in [1.165, 1.54) is 20.1 Å². The third-order valence-electron chi connectivity index (χ3n) is 3.02. The van der Waals surface area contributed by atoms with Crippen LogP contribution in [0, 0.1) is 5.82 Å². The number of amides is 1. The van der Waals surface area contributed by atoms with Crippen molar-refractivity contribution in [1.29, 1.82) is 0 Å². The first-order valence-electron chi connectivity index (χ1n) is 6.07. The van der Waals surface area contributed by atoms with E-state index in [-0.39, 0.29) is 5.75 Å². The Hall–Kier alpha value is -1.62. The summed E-state index contributed by atoms with van der Waals surface area (Å²) in [6, 6.07) is 4.71. The Labute approximate surface area is 112 Å². The van der Waals surface area contributed by atoms with Gasteiger partial charge in [0, 0.05) is 12.0 Å². The molecular formula is C14H20FNO3. The van der Waals surface area contributed by atoms with Crippen LogP contribution in [0.15, 0.2) is 18.2 Å². The summed E-state index contributed by atoms with van der Waals surface area (Å²) in [7, 11) is 1.41. The molecule has 19 heavy (non-hydrogen) atoms. The summed E-state index contributed by atoms with van der Waals surface area (Å²) in [4.78, 5) is 11.3. The molecule has 1 aromatic rings. The fraction of sp³-hybridized carbons (Fsp3) is 0.500. The van der Waals surface area contributed by atoms with Gasteiger partial charge in [-0.05, 0) is 24.6 Å². The van der Waals surface area contributed by atoms with Gasteiger partial charge in [0.2, 0.25) is 5.91 Å². The highest BCUT2D eigenvalue weighted by Gasteiger charge is 2.23. The maximum Gasteiger partial charge on any atom is 0.248 e. The van der Waals surface area contributed by atoms with Crippen LogP contribution < -0.4 is 10.1 Å². The Balaban J connectivity index is 2.82. The summed E-state index contributed by atoms with van der Waals surface area (Å²) < 4.78 is 18.5. The number of hydrogen-bond donors (Lipinski definition) is 2. The van der Waals surface area contributed by atoms with Gasteiger partial charge in [0.1, 0.15) is 6.10 Å². The second-order valence-corrected chi connectivity index (χ2v) is 5.13. The van der Waals surface area contributed by atoms with Gasteiger partial charge >= 0.3 is 0 Å². The molecule has 1 aromatic carbocycles. The van der Waals surface area contributed by atoms with E-state index < -0.39 is 23.2 Å². The number of aliphatic hydroxyl groups excluding tert-OH is 1. The van der Waals surface area contributed by atoms with Crippen molar-refractivity contribution in [2.45, 2.75) is 32.3 Å². The number of carbonyl (C=O) groups is 1. The number of rotatable bonds is 5. The van der Waals surface area contributed by atoms with Gasteiger partial charge in [0.25, 0.3) is 0 Å². The molecule has 0 aliphatic rings. The Bertz CT molecular complexity index is 458. The maximum atomic E-state index is 13.7. The highest BCUT2D eigenvalue weighted by molar-refractivity contribution is 5.80. The van der Waals surface area contributed by atoms with Crippen LogP contribution in [0.4, 0.5) is 4.39 Å². The molecule has 0 heterocycles. The molecule has 0 aliphatic carbocycles. The van der Waals surface area contributed by atoms with Crippen molar-refractivity contribution in [3.8, 4) is 5.75 Å². The average Bonchev–Trinajstić information content (AvgIpc) is 2.35. The highest BCUT2D eigenvalue weighted by atomic mass is 19.1. The van der Waals surface area contributed by atoms with Crippen molar-refractivity contribution in [3.05, 3.63) is 29.6 Å². The van der Waals surface area contributed by atoms with Crippen molar-refractivity contribution in [2.24, 2.45) is 0 Å². The van der Waals surface area contributed by atoms with E-state index in [0.717, 1.165) is 5.56 Å². The van der Waals surface area contributed by atoms with E-state index in [4.69, 9.17) is 9.84 Å². The normalized spacial score (nSPS) is 12.9. The van der Waals surface area contributed by atoms with Crippen LogP contribution in [0.3, 0.4) is 0 Å². The van der Waals surface area contributed by atoms with Gasteiger partial charge in [-0.25, -0.2) is 4.39 Å². The molecule has 0 aliphatic heterocycles. The first-order chi connectivity index (χ1) is 8.77. The number of carbonyl (C=O) groups excluding carboxylic acids is 1. The molecule has 0 radical (unpaired) electrons. The average molecular weight is 269 g/mol. The number of hydrogen-bond acceptors (Lipinski definition) is 3. The molecule has 0 saturated carbocycles. The topological polar surface area (TPSA) is 58.6 Å². The van der Waals surface area contributed by atoms with Gasteiger partial charge in [0.05, 0.1) is 7.11 Å². The molecular weight excluding hydrogens is 249 g/mol. The van der Waals surface area contributed by atoms with E-state index in [0.29, 0.717) is 6.54 Å². The summed E-state index contributed by atoms with van der Waals surface area (Å²) >= 11 is 0. The quantitative estimate of drug-likeness (QED) is 0.853. The second-order valence-electron chi connectivity index (χ2n) is 5.13. The molecule has 1 amide bonds. The van der Waals surface area contributed by atoms with Crippen molar-refractivity contribution >= 4 is 5.91 Å². The van der Waals surface area contributed by atoms with Gasteiger partial charge in [-0.1, -0.05) is 19.9 Å². The van der Waals surface area contributed by atoms with Gasteiger partial charge in [-0.2, -0.15) is 0 Å². The minimum Gasteiger partial charge on any atom is -0.494 e. The van der Waals surface area contributed by atoms with Crippen molar-refractivity contribution < 1.29 is 19.0 Å². The molecule has 0 fully saturated rings. The maximum absolute atomic E-state index is 13.7. The zero-order chi connectivity index (χ0) is 14.6. The van der Waals surface area contributed by atoms with E-state index in [9.17, 15) is 9.18 Å². The summed E-state index contributed by atoms with van der Waals surface area (Å²) in [5.41, 5.74) is 0.300. The van der Waals surface area contributed by atoms with E-state index in [1.54, 1.807) is 12.1 Å². The van der Waals surface area contributed by atoms with Crippen LogP contribution >= 0.6 is 0 Å². The summed E-state index contributed by atoms with van der Waals surface area (Å²) in [5, 5.41) is 11.7. The third kappa shape index (κ3) is 3.92. The minimum absolute atomic E-state index is 0.188. The largest absolute Gasteiger partial charge is 0.494 e. The van der Waals surface area contributed by atoms with Gasteiger partial charge < -0.3 is 15.2 Å². The van der Waals surface area contributed by atoms with Crippen LogP contribution in [-0.4, -0.2) is 30.8 Å². The van der Waals surface area contributed by atoms with Crippen LogP contribution in [0.1, 0.15) is 26.3 Å². The third-order valence-corrected chi connectivity index (χ3v) is 3.02. The molecule has 1 rings (SSSR count). The Morgan fingerprint density at radius 1 is 1.53 bits per heavy atom. The molecule has 4 nitrogen and oxygen atoms in total. The zero-order valence-electron chi connectivity index (χ0n) is 11.7. The zero-order valence-corrected chi connectivity index (χ0v) is 11.7. The lowest BCUT2D eigenvalue weighted by molar-refractivity contribution is -0.128. The standard InChI is InChI=1S/C14H20FNO3/c1-9(17)13(18)16-8-14(2,3)10-5-6-12(19-4)11(15)7-10/h5-7,9,17H,8H2,1-4H3,(H,16,18). The molecule has 2 N–H and O–H groups in total. The Kier molecular flexibility index (Phi) is 4.89. The van der Waals surface area contributed by atoms with Crippen molar-refractivity contribution in [3.63, 3.8) is 0 Å². The lowest BCUT2D eigenvalue weighted by atomic mass is 9.84.